The van der Waals surface area contributed by atoms with Crippen LogP contribution in [0.1, 0.15) is 19.4 Å². The van der Waals surface area contributed by atoms with Crippen LogP contribution in [0, 0.1) is 5.82 Å². The van der Waals surface area contributed by atoms with Crippen molar-refractivity contribution < 1.29 is 4.39 Å². The van der Waals surface area contributed by atoms with E-state index in [-0.39, 0.29) is 14.6 Å². The van der Waals surface area contributed by atoms with Gasteiger partial charge in [0, 0.05) is 11.0 Å². The van der Waals surface area contributed by atoms with Gasteiger partial charge in [-0.1, -0.05) is 41.9 Å². The fourth-order valence-electron chi connectivity index (χ4n) is 2.66. The predicted molar refractivity (Wildman–Crippen MR) is 76.8 cm³/mol. The van der Waals surface area contributed by atoms with Crippen molar-refractivity contribution >= 4 is 30.4 Å². The van der Waals surface area contributed by atoms with Crippen molar-refractivity contribution in [3.05, 3.63) is 28.0 Å². The molecule has 17 heavy (non-hydrogen) atoms. The minimum absolute atomic E-state index is 0.130. The minimum atomic E-state index is -0.291. The molecule has 0 bridgehead atoms. The molecular weight excluding hydrogens is 297 g/mol. The second kappa shape index (κ2) is 5.53. The predicted octanol–water partition coefficient (Wildman–Crippen LogP) is 4.46. The van der Waals surface area contributed by atoms with Gasteiger partial charge in [-0.25, -0.2) is 4.39 Å². The van der Waals surface area contributed by atoms with Crippen molar-refractivity contribution in [2.24, 2.45) is 0 Å². The summed E-state index contributed by atoms with van der Waals surface area (Å²) in [5.41, 5.74) is 2.59. The Bertz CT molecular complexity index is 407. The van der Waals surface area contributed by atoms with Gasteiger partial charge in [-0.05, 0) is 29.7 Å². The average Bonchev–Trinajstić information content (AvgIpc) is 2.30. The first-order chi connectivity index (χ1) is 8.15. The number of halogens is 2. The zero-order valence-corrected chi connectivity index (χ0v) is 12.9. The van der Waals surface area contributed by atoms with Gasteiger partial charge in [-0.2, -0.15) is 0 Å². The van der Waals surface area contributed by atoms with Crippen LogP contribution in [-0.2, 0) is 6.42 Å². The number of nitrogens with one attached hydrogen (secondary N) is 1. The smallest absolute Gasteiger partial charge is 0.147 e. The van der Waals surface area contributed by atoms with Gasteiger partial charge in [0.05, 0.1) is 14.5 Å². The Labute approximate surface area is 113 Å². The van der Waals surface area contributed by atoms with Crippen LogP contribution in [0.15, 0.2) is 16.6 Å². The van der Waals surface area contributed by atoms with Crippen LogP contribution in [0.4, 0.5) is 10.1 Å². The number of fused-ring (bicyclic) bond motifs is 1. The molecule has 1 atom stereocenters. The van der Waals surface area contributed by atoms with E-state index in [2.05, 4.69) is 41.2 Å². The quantitative estimate of drug-likeness (QED) is 0.812. The van der Waals surface area contributed by atoms with Gasteiger partial charge in [0.15, 0.2) is 0 Å². The van der Waals surface area contributed by atoms with E-state index in [0.717, 1.165) is 34.2 Å². The first kappa shape index (κ1) is 13.1. The summed E-state index contributed by atoms with van der Waals surface area (Å²) in [6, 6.07) is 6.21. The summed E-state index contributed by atoms with van der Waals surface area (Å²) >= 11 is 3.37. The number of anilines is 1. The first-order valence-corrected chi connectivity index (χ1v) is 9.00. The molecule has 0 spiro atoms. The number of rotatable bonds is 3. The summed E-state index contributed by atoms with van der Waals surface area (Å²) in [7, 11) is -0.291. The highest BCUT2D eigenvalue weighted by atomic mass is 79.9. The second-order valence-electron chi connectivity index (χ2n) is 4.57. The van der Waals surface area contributed by atoms with Crippen LogP contribution < -0.4 is 5.32 Å². The van der Waals surface area contributed by atoms with Gasteiger partial charge in [-0.15, -0.1) is 0 Å². The summed E-state index contributed by atoms with van der Waals surface area (Å²) in [5.74, 6) is -0.130. The number of hydrogen-bond donors (Lipinski definition) is 1. The maximum Gasteiger partial charge on any atom is 0.147 e. The summed E-state index contributed by atoms with van der Waals surface area (Å²) in [6.07, 6.45) is 1.04. The zero-order valence-electron chi connectivity index (χ0n) is 10.3. The van der Waals surface area contributed by atoms with E-state index in [1.807, 2.05) is 0 Å². The molecule has 0 aromatic heterocycles. The summed E-state index contributed by atoms with van der Waals surface area (Å²) < 4.78 is 14.6. The van der Waals surface area contributed by atoms with Crippen molar-refractivity contribution in [2.75, 3.05) is 11.9 Å². The third-order valence-corrected chi connectivity index (χ3v) is 7.45. The van der Waals surface area contributed by atoms with E-state index in [4.69, 9.17) is 0 Å². The largest absolute Gasteiger partial charge is 0.382 e. The molecule has 1 aromatic carbocycles. The summed E-state index contributed by atoms with van der Waals surface area (Å²) in [5, 5.41) is 3.29. The maximum absolute atomic E-state index is 13.7. The van der Waals surface area contributed by atoms with E-state index in [1.54, 1.807) is 0 Å². The summed E-state index contributed by atoms with van der Waals surface area (Å²) in [6.45, 7) is 5.52. The Morgan fingerprint density at radius 1 is 1.41 bits per heavy atom. The Hall–Kier alpha value is -0.353. The highest BCUT2D eigenvalue weighted by molar-refractivity contribution is 9.10. The molecule has 1 N–H and O–H groups in total. The molecule has 1 heterocycles. The molecular formula is C13H18BrFNSi. The van der Waals surface area contributed by atoms with Crippen molar-refractivity contribution in [2.45, 2.75) is 37.9 Å². The number of hydrogen-bond acceptors (Lipinski definition) is 1. The van der Waals surface area contributed by atoms with Crippen LogP contribution in [-0.4, -0.2) is 15.3 Å². The molecule has 1 unspecified atom stereocenters. The van der Waals surface area contributed by atoms with Crippen molar-refractivity contribution in [3.8, 4) is 0 Å². The highest BCUT2D eigenvalue weighted by Gasteiger charge is 2.26. The Morgan fingerprint density at radius 2 is 2.12 bits per heavy atom. The lowest BCUT2D eigenvalue weighted by molar-refractivity contribution is 0.621. The standard InChI is InChI=1S/C13H18BrFNSi/c1-3-17(4-2)11-6-9-5-10(14)7-12(15)13(9)16-8-11/h5,7,11,16H,3-4,6,8H2,1-2H3. The molecule has 0 amide bonds. The molecule has 2 rings (SSSR count). The molecule has 0 saturated heterocycles. The minimum Gasteiger partial charge on any atom is -0.382 e. The van der Waals surface area contributed by atoms with Crippen molar-refractivity contribution in [1.29, 1.82) is 0 Å². The molecule has 0 saturated carbocycles. The fourth-order valence-corrected chi connectivity index (χ4v) is 5.70. The fraction of sp³-hybridized carbons (Fsp3) is 0.538. The molecule has 1 nitrogen and oxygen atoms in total. The topological polar surface area (TPSA) is 12.0 Å². The van der Waals surface area contributed by atoms with E-state index in [1.165, 1.54) is 18.2 Å². The molecule has 1 aromatic rings. The van der Waals surface area contributed by atoms with Gasteiger partial charge in [-0.3, -0.25) is 0 Å². The lowest BCUT2D eigenvalue weighted by Crippen LogP contribution is -2.30. The SMILES string of the molecule is CC[Si](CC)C1CNc2c(F)cc(Br)cc2C1. The van der Waals surface area contributed by atoms with Crippen LogP contribution in [0.25, 0.3) is 0 Å². The van der Waals surface area contributed by atoms with Crippen molar-refractivity contribution in [1.82, 2.24) is 0 Å². The molecule has 0 fully saturated rings. The first-order valence-electron chi connectivity index (χ1n) is 6.22. The lowest BCUT2D eigenvalue weighted by Gasteiger charge is -2.31. The highest BCUT2D eigenvalue weighted by Crippen LogP contribution is 2.35. The molecule has 0 aliphatic carbocycles. The third kappa shape index (κ3) is 2.73. The van der Waals surface area contributed by atoms with Gasteiger partial charge in [0.2, 0.25) is 0 Å². The van der Waals surface area contributed by atoms with E-state index >= 15 is 0 Å². The maximum atomic E-state index is 13.7. The lowest BCUT2D eigenvalue weighted by atomic mass is 10.0. The van der Waals surface area contributed by atoms with Gasteiger partial charge < -0.3 is 5.32 Å². The Morgan fingerprint density at radius 3 is 2.76 bits per heavy atom. The normalized spacial score (nSPS) is 19.0. The van der Waals surface area contributed by atoms with Gasteiger partial charge >= 0.3 is 0 Å². The van der Waals surface area contributed by atoms with Crippen molar-refractivity contribution in [3.63, 3.8) is 0 Å². The Balaban J connectivity index is 2.23. The van der Waals surface area contributed by atoms with E-state index in [9.17, 15) is 4.39 Å². The molecule has 1 aliphatic rings. The Kier molecular flexibility index (Phi) is 4.25. The van der Waals surface area contributed by atoms with Crippen LogP contribution >= 0.6 is 15.9 Å². The monoisotopic (exact) mass is 314 g/mol. The van der Waals surface area contributed by atoms with Gasteiger partial charge in [0.1, 0.15) is 5.82 Å². The molecule has 1 radical (unpaired) electrons. The van der Waals surface area contributed by atoms with Gasteiger partial charge in [0.25, 0.3) is 0 Å². The molecule has 4 heteroatoms. The van der Waals surface area contributed by atoms with Crippen LogP contribution in [0.2, 0.25) is 17.6 Å². The molecule has 93 valence electrons. The third-order valence-electron chi connectivity index (χ3n) is 3.61. The van der Waals surface area contributed by atoms with E-state index in [0.29, 0.717) is 0 Å². The molecule has 1 aliphatic heterocycles. The van der Waals surface area contributed by atoms with E-state index < -0.39 is 0 Å². The van der Waals surface area contributed by atoms with Crippen LogP contribution in [0.3, 0.4) is 0 Å². The average molecular weight is 315 g/mol. The summed E-state index contributed by atoms with van der Waals surface area (Å²) in [4.78, 5) is 0. The zero-order chi connectivity index (χ0) is 12.4. The number of benzene rings is 1. The second-order valence-corrected chi connectivity index (χ2v) is 9.03. The van der Waals surface area contributed by atoms with Crippen LogP contribution in [0.5, 0.6) is 0 Å².